The molecule has 1 aromatic rings. The van der Waals surface area contributed by atoms with Gasteiger partial charge >= 0.3 is 0 Å². The highest BCUT2D eigenvalue weighted by Gasteiger charge is 2.12. The number of nitrogens with zero attached hydrogens (tertiary/aromatic N) is 1. The van der Waals surface area contributed by atoms with E-state index in [-0.39, 0.29) is 18.3 Å². The maximum atomic E-state index is 11.6. The molecule has 1 amide bonds. The molecule has 0 spiro atoms. The van der Waals surface area contributed by atoms with Crippen LogP contribution in [0.25, 0.3) is 0 Å². The van der Waals surface area contributed by atoms with E-state index in [9.17, 15) is 4.79 Å². The van der Waals surface area contributed by atoms with Gasteiger partial charge in [-0.1, -0.05) is 6.07 Å². The summed E-state index contributed by atoms with van der Waals surface area (Å²) in [4.78, 5) is 15.0. The van der Waals surface area contributed by atoms with E-state index in [0.29, 0.717) is 13.1 Å². The highest BCUT2D eigenvalue weighted by Crippen LogP contribution is 2.07. The minimum atomic E-state index is 0. The number of hydrogen-bond acceptors (Lipinski definition) is 4. The van der Waals surface area contributed by atoms with Crippen molar-refractivity contribution in [2.24, 2.45) is 0 Å². The van der Waals surface area contributed by atoms with Crippen LogP contribution in [-0.2, 0) is 11.3 Å². The average Bonchev–Trinajstić information content (AvgIpc) is 2.81. The monoisotopic (exact) mass is 275 g/mol. The summed E-state index contributed by atoms with van der Waals surface area (Å²) in [6, 6.07) is 4.04. The number of halogens is 1. The third-order valence-corrected chi connectivity index (χ3v) is 3.49. The van der Waals surface area contributed by atoms with Crippen LogP contribution in [0.3, 0.4) is 0 Å². The van der Waals surface area contributed by atoms with Crippen LogP contribution in [0.4, 0.5) is 0 Å². The van der Waals surface area contributed by atoms with E-state index < -0.39 is 0 Å². The molecule has 2 N–H and O–H groups in total. The first-order valence-corrected chi connectivity index (χ1v) is 6.45. The largest absolute Gasteiger partial charge is 0.350 e. The predicted octanol–water partition coefficient (Wildman–Crippen LogP) is 0.691. The fourth-order valence-corrected chi connectivity index (χ4v) is 2.37. The number of carbonyl (C=O) groups is 1. The molecular formula is C11H18ClN3OS. The molecule has 0 atom stereocenters. The van der Waals surface area contributed by atoms with Crippen LogP contribution in [0.1, 0.15) is 4.88 Å². The van der Waals surface area contributed by atoms with Crippen molar-refractivity contribution in [2.75, 3.05) is 32.7 Å². The number of nitrogens with one attached hydrogen (secondary N) is 2. The van der Waals surface area contributed by atoms with Gasteiger partial charge in [0.15, 0.2) is 0 Å². The zero-order valence-corrected chi connectivity index (χ0v) is 11.3. The van der Waals surface area contributed by atoms with Crippen LogP contribution < -0.4 is 10.6 Å². The van der Waals surface area contributed by atoms with Crippen molar-refractivity contribution in [3.63, 3.8) is 0 Å². The number of piperazine rings is 1. The smallest absolute Gasteiger partial charge is 0.234 e. The molecule has 4 nitrogen and oxygen atoms in total. The molecule has 2 heterocycles. The van der Waals surface area contributed by atoms with Crippen molar-refractivity contribution < 1.29 is 4.79 Å². The van der Waals surface area contributed by atoms with E-state index in [0.717, 1.165) is 26.2 Å². The van der Waals surface area contributed by atoms with E-state index in [2.05, 4.69) is 15.5 Å². The van der Waals surface area contributed by atoms with Gasteiger partial charge in [-0.05, 0) is 11.4 Å². The molecule has 0 unspecified atom stereocenters. The summed E-state index contributed by atoms with van der Waals surface area (Å²) < 4.78 is 0. The summed E-state index contributed by atoms with van der Waals surface area (Å²) in [5.74, 6) is 0.121. The van der Waals surface area contributed by atoms with E-state index in [1.165, 1.54) is 4.88 Å². The van der Waals surface area contributed by atoms with Crippen LogP contribution >= 0.6 is 23.7 Å². The first-order chi connectivity index (χ1) is 7.84. The lowest BCUT2D eigenvalue weighted by atomic mass is 10.3. The normalized spacial score (nSPS) is 16.2. The van der Waals surface area contributed by atoms with Crippen LogP contribution in [0.5, 0.6) is 0 Å². The zero-order chi connectivity index (χ0) is 11.2. The van der Waals surface area contributed by atoms with Crippen molar-refractivity contribution in [3.05, 3.63) is 22.4 Å². The van der Waals surface area contributed by atoms with Crippen LogP contribution in [0.15, 0.2) is 17.5 Å². The van der Waals surface area contributed by atoms with Gasteiger partial charge in [0.05, 0.1) is 13.1 Å². The fourth-order valence-electron chi connectivity index (χ4n) is 1.73. The number of thiophene rings is 1. The summed E-state index contributed by atoms with van der Waals surface area (Å²) in [6.07, 6.45) is 0. The predicted molar refractivity (Wildman–Crippen MR) is 72.7 cm³/mol. The first kappa shape index (κ1) is 14.4. The minimum Gasteiger partial charge on any atom is -0.350 e. The van der Waals surface area contributed by atoms with Crippen molar-refractivity contribution in [1.82, 2.24) is 15.5 Å². The number of rotatable bonds is 4. The lowest BCUT2D eigenvalue weighted by molar-refractivity contribution is -0.122. The van der Waals surface area contributed by atoms with Crippen LogP contribution in [-0.4, -0.2) is 43.5 Å². The van der Waals surface area contributed by atoms with Gasteiger partial charge in [0, 0.05) is 31.1 Å². The summed E-state index contributed by atoms with van der Waals surface area (Å²) in [7, 11) is 0. The maximum Gasteiger partial charge on any atom is 0.234 e. The van der Waals surface area contributed by atoms with Crippen LogP contribution in [0, 0.1) is 0 Å². The molecule has 0 saturated carbocycles. The molecule has 0 aliphatic carbocycles. The lowest BCUT2D eigenvalue weighted by Crippen LogP contribution is -2.47. The molecule has 1 aromatic heterocycles. The Hall–Kier alpha value is -0.620. The van der Waals surface area contributed by atoms with Gasteiger partial charge in [0.2, 0.25) is 5.91 Å². The summed E-state index contributed by atoms with van der Waals surface area (Å²) >= 11 is 1.67. The van der Waals surface area contributed by atoms with Gasteiger partial charge in [-0.25, -0.2) is 0 Å². The molecule has 17 heavy (non-hydrogen) atoms. The maximum absolute atomic E-state index is 11.6. The SMILES string of the molecule is Cl.O=C(CN1CCNCC1)NCc1cccs1. The topological polar surface area (TPSA) is 44.4 Å². The highest BCUT2D eigenvalue weighted by atomic mass is 35.5. The Morgan fingerprint density at radius 1 is 1.47 bits per heavy atom. The Morgan fingerprint density at radius 3 is 2.88 bits per heavy atom. The molecule has 2 rings (SSSR count). The molecule has 0 aromatic carbocycles. The lowest BCUT2D eigenvalue weighted by Gasteiger charge is -2.26. The molecule has 1 saturated heterocycles. The highest BCUT2D eigenvalue weighted by molar-refractivity contribution is 7.09. The molecule has 6 heteroatoms. The molecule has 96 valence electrons. The summed E-state index contributed by atoms with van der Waals surface area (Å²) in [5, 5.41) is 8.24. The third-order valence-electron chi connectivity index (χ3n) is 2.62. The Balaban J connectivity index is 0.00000144. The first-order valence-electron chi connectivity index (χ1n) is 5.57. The molecule has 1 aliphatic rings. The second-order valence-corrected chi connectivity index (χ2v) is 4.91. The second kappa shape index (κ2) is 7.66. The number of amides is 1. The molecule has 0 bridgehead atoms. The van der Waals surface area contributed by atoms with Gasteiger partial charge < -0.3 is 10.6 Å². The molecular weight excluding hydrogens is 258 g/mol. The van der Waals surface area contributed by atoms with Gasteiger partial charge in [0.25, 0.3) is 0 Å². The standard InChI is InChI=1S/C11H17N3OS.ClH/c15-11(9-14-5-3-12-4-6-14)13-8-10-2-1-7-16-10;/h1-2,7,12H,3-6,8-9H2,(H,13,15);1H. The van der Waals surface area contributed by atoms with Crippen molar-refractivity contribution in [1.29, 1.82) is 0 Å². The van der Waals surface area contributed by atoms with E-state index >= 15 is 0 Å². The van der Waals surface area contributed by atoms with E-state index in [1.807, 2.05) is 17.5 Å². The molecule has 0 radical (unpaired) electrons. The van der Waals surface area contributed by atoms with Gasteiger partial charge in [-0.15, -0.1) is 23.7 Å². The van der Waals surface area contributed by atoms with Gasteiger partial charge in [0.1, 0.15) is 0 Å². The van der Waals surface area contributed by atoms with Gasteiger partial charge in [-0.3, -0.25) is 9.69 Å². The van der Waals surface area contributed by atoms with E-state index in [1.54, 1.807) is 11.3 Å². The molecule has 1 aliphatic heterocycles. The third kappa shape index (κ3) is 5.04. The van der Waals surface area contributed by atoms with Crippen LogP contribution in [0.2, 0.25) is 0 Å². The van der Waals surface area contributed by atoms with Crippen molar-refractivity contribution in [3.8, 4) is 0 Å². The van der Waals surface area contributed by atoms with Gasteiger partial charge in [-0.2, -0.15) is 0 Å². The Morgan fingerprint density at radius 2 is 2.24 bits per heavy atom. The quantitative estimate of drug-likeness (QED) is 0.850. The van der Waals surface area contributed by atoms with Crippen molar-refractivity contribution in [2.45, 2.75) is 6.54 Å². The Kier molecular flexibility index (Phi) is 6.50. The average molecular weight is 276 g/mol. The number of carbonyl (C=O) groups excluding carboxylic acids is 1. The zero-order valence-electron chi connectivity index (χ0n) is 9.65. The Labute approximate surface area is 112 Å². The molecule has 1 fully saturated rings. The Bertz CT molecular complexity index is 325. The second-order valence-electron chi connectivity index (χ2n) is 3.88. The fraction of sp³-hybridized carbons (Fsp3) is 0.545. The van der Waals surface area contributed by atoms with Crippen molar-refractivity contribution >= 4 is 29.7 Å². The summed E-state index contributed by atoms with van der Waals surface area (Å²) in [5.41, 5.74) is 0. The minimum absolute atomic E-state index is 0. The number of hydrogen-bond donors (Lipinski definition) is 2. The summed E-state index contributed by atoms with van der Waals surface area (Å²) in [6.45, 7) is 5.07. The van der Waals surface area contributed by atoms with E-state index in [4.69, 9.17) is 0 Å².